The number of guanidine groups is 1. The molecule has 2 N–H and O–H groups in total. The van der Waals surface area contributed by atoms with Gasteiger partial charge in [0, 0.05) is 32.0 Å². The third kappa shape index (κ3) is 3.66. The molecule has 0 saturated heterocycles. The molecule has 1 aliphatic heterocycles. The highest BCUT2D eigenvalue weighted by Crippen LogP contribution is 2.41. The van der Waals surface area contributed by atoms with Crippen molar-refractivity contribution in [2.75, 3.05) is 20.2 Å². The van der Waals surface area contributed by atoms with Crippen LogP contribution in [0.1, 0.15) is 29.0 Å². The molecular formula is C21H24FN3O. The Morgan fingerprint density at radius 2 is 2.15 bits per heavy atom. The van der Waals surface area contributed by atoms with E-state index in [1.165, 1.54) is 17.2 Å². The summed E-state index contributed by atoms with van der Waals surface area (Å²) in [5, 5.41) is 6.75. The van der Waals surface area contributed by atoms with E-state index in [9.17, 15) is 4.39 Å². The number of aliphatic imine (C=N–C) groups is 1. The highest BCUT2D eigenvalue weighted by molar-refractivity contribution is 5.80. The van der Waals surface area contributed by atoms with Gasteiger partial charge in [-0.1, -0.05) is 30.3 Å². The van der Waals surface area contributed by atoms with E-state index in [1.807, 2.05) is 12.1 Å². The molecule has 0 bridgehead atoms. The van der Waals surface area contributed by atoms with Gasteiger partial charge in [-0.25, -0.2) is 4.39 Å². The first-order valence-electron chi connectivity index (χ1n) is 9.21. The van der Waals surface area contributed by atoms with Gasteiger partial charge in [-0.2, -0.15) is 0 Å². The second kappa shape index (κ2) is 7.36. The molecule has 4 nitrogen and oxygen atoms in total. The maximum Gasteiger partial charge on any atom is 0.191 e. The molecule has 0 radical (unpaired) electrons. The summed E-state index contributed by atoms with van der Waals surface area (Å²) < 4.78 is 19.4. The van der Waals surface area contributed by atoms with Crippen LogP contribution >= 0.6 is 0 Å². The zero-order valence-electron chi connectivity index (χ0n) is 15.0. The normalized spacial score (nSPS) is 21.1. The number of ether oxygens (including phenoxy) is 1. The largest absolute Gasteiger partial charge is 0.493 e. The van der Waals surface area contributed by atoms with Gasteiger partial charge < -0.3 is 15.4 Å². The Hall–Kier alpha value is -2.56. The van der Waals surface area contributed by atoms with E-state index in [0.29, 0.717) is 0 Å². The summed E-state index contributed by atoms with van der Waals surface area (Å²) in [6.07, 6.45) is 2.86. The van der Waals surface area contributed by atoms with E-state index in [1.54, 1.807) is 13.1 Å². The lowest BCUT2D eigenvalue weighted by Crippen LogP contribution is -2.39. The van der Waals surface area contributed by atoms with Gasteiger partial charge in [-0.05, 0) is 41.7 Å². The van der Waals surface area contributed by atoms with Crippen molar-refractivity contribution in [3.8, 4) is 5.75 Å². The molecule has 136 valence electrons. The molecule has 2 aromatic rings. The SMILES string of the molecule is CN=C(NCCc1ccc2c(c1)CCO2)NC1CC1c1ccccc1F. The molecule has 2 atom stereocenters. The quantitative estimate of drug-likeness (QED) is 0.642. The van der Waals surface area contributed by atoms with Gasteiger partial charge in [0.2, 0.25) is 0 Å². The summed E-state index contributed by atoms with van der Waals surface area (Å²) in [7, 11) is 1.77. The number of halogens is 1. The van der Waals surface area contributed by atoms with Crippen LogP contribution in [0.5, 0.6) is 5.75 Å². The maximum atomic E-state index is 13.9. The van der Waals surface area contributed by atoms with Crippen molar-refractivity contribution in [2.45, 2.75) is 31.2 Å². The van der Waals surface area contributed by atoms with E-state index in [2.05, 4.69) is 33.8 Å². The fraction of sp³-hybridized carbons (Fsp3) is 0.381. The lowest BCUT2D eigenvalue weighted by molar-refractivity contribution is 0.357. The topological polar surface area (TPSA) is 45.7 Å². The summed E-state index contributed by atoms with van der Waals surface area (Å²) in [4.78, 5) is 4.29. The van der Waals surface area contributed by atoms with E-state index in [-0.39, 0.29) is 17.8 Å². The van der Waals surface area contributed by atoms with Crippen LogP contribution in [-0.4, -0.2) is 32.2 Å². The van der Waals surface area contributed by atoms with Crippen LogP contribution in [0.2, 0.25) is 0 Å². The van der Waals surface area contributed by atoms with Crippen molar-refractivity contribution in [2.24, 2.45) is 4.99 Å². The van der Waals surface area contributed by atoms with E-state index in [0.717, 1.165) is 49.7 Å². The van der Waals surface area contributed by atoms with Gasteiger partial charge in [0.1, 0.15) is 11.6 Å². The van der Waals surface area contributed by atoms with Crippen LogP contribution in [0.25, 0.3) is 0 Å². The molecule has 5 heteroatoms. The Kier molecular flexibility index (Phi) is 4.78. The summed E-state index contributed by atoms with van der Waals surface area (Å²) in [6.45, 7) is 1.59. The number of hydrogen-bond acceptors (Lipinski definition) is 2. The number of rotatable bonds is 5. The molecule has 0 aromatic heterocycles. The minimum Gasteiger partial charge on any atom is -0.493 e. The van der Waals surface area contributed by atoms with Crippen LogP contribution in [0.3, 0.4) is 0 Å². The molecule has 0 amide bonds. The van der Waals surface area contributed by atoms with Crippen molar-refractivity contribution in [3.63, 3.8) is 0 Å². The Balaban J connectivity index is 1.26. The Bertz CT molecular complexity index is 821. The average molecular weight is 353 g/mol. The molecular weight excluding hydrogens is 329 g/mol. The molecule has 1 saturated carbocycles. The van der Waals surface area contributed by atoms with Gasteiger partial charge in [-0.15, -0.1) is 0 Å². The first-order chi connectivity index (χ1) is 12.7. The highest BCUT2D eigenvalue weighted by Gasteiger charge is 2.40. The summed E-state index contributed by atoms with van der Waals surface area (Å²) in [5.41, 5.74) is 3.39. The molecule has 0 spiro atoms. The number of fused-ring (bicyclic) bond motifs is 1. The van der Waals surface area contributed by atoms with Crippen LogP contribution < -0.4 is 15.4 Å². The van der Waals surface area contributed by atoms with E-state index in [4.69, 9.17) is 4.74 Å². The second-order valence-corrected chi connectivity index (χ2v) is 6.90. The van der Waals surface area contributed by atoms with Crippen LogP contribution in [0, 0.1) is 5.82 Å². The van der Waals surface area contributed by atoms with Crippen molar-refractivity contribution in [3.05, 3.63) is 65.0 Å². The maximum absolute atomic E-state index is 13.9. The lowest BCUT2D eigenvalue weighted by atomic mass is 10.1. The summed E-state index contributed by atoms with van der Waals surface area (Å²) >= 11 is 0. The van der Waals surface area contributed by atoms with Crippen LogP contribution in [-0.2, 0) is 12.8 Å². The van der Waals surface area contributed by atoms with E-state index >= 15 is 0 Å². The Morgan fingerprint density at radius 1 is 1.27 bits per heavy atom. The smallest absolute Gasteiger partial charge is 0.191 e. The second-order valence-electron chi connectivity index (χ2n) is 6.90. The van der Waals surface area contributed by atoms with Gasteiger partial charge >= 0.3 is 0 Å². The van der Waals surface area contributed by atoms with Crippen molar-refractivity contribution < 1.29 is 9.13 Å². The fourth-order valence-electron chi connectivity index (χ4n) is 3.56. The van der Waals surface area contributed by atoms with Crippen molar-refractivity contribution >= 4 is 5.96 Å². The molecule has 26 heavy (non-hydrogen) atoms. The molecule has 1 fully saturated rings. The van der Waals surface area contributed by atoms with Gasteiger partial charge in [0.25, 0.3) is 0 Å². The zero-order valence-corrected chi connectivity index (χ0v) is 15.0. The Morgan fingerprint density at radius 3 is 3.00 bits per heavy atom. The molecule has 1 heterocycles. The average Bonchev–Trinajstić information content (AvgIpc) is 3.25. The fourth-order valence-corrected chi connectivity index (χ4v) is 3.56. The third-order valence-electron chi connectivity index (χ3n) is 5.10. The first-order valence-corrected chi connectivity index (χ1v) is 9.21. The molecule has 4 rings (SSSR count). The van der Waals surface area contributed by atoms with Crippen LogP contribution in [0.4, 0.5) is 4.39 Å². The standard InChI is InChI=1S/C21H24FN3O/c1-23-21(25-19-13-17(19)16-4-2-3-5-18(16)22)24-10-8-14-6-7-20-15(12-14)9-11-26-20/h2-7,12,17,19H,8-11,13H2,1H3,(H2,23,24,25). The lowest BCUT2D eigenvalue weighted by Gasteiger charge is -2.12. The first kappa shape index (κ1) is 16.9. The number of benzene rings is 2. The number of hydrogen-bond donors (Lipinski definition) is 2. The highest BCUT2D eigenvalue weighted by atomic mass is 19.1. The minimum atomic E-state index is -0.120. The van der Waals surface area contributed by atoms with Crippen LogP contribution in [0.15, 0.2) is 47.5 Å². The van der Waals surface area contributed by atoms with Gasteiger partial charge in [-0.3, -0.25) is 4.99 Å². The summed E-state index contributed by atoms with van der Waals surface area (Å²) in [5.74, 6) is 1.90. The van der Waals surface area contributed by atoms with Gasteiger partial charge in [0.05, 0.1) is 6.61 Å². The van der Waals surface area contributed by atoms with E-state index < -0.39 is 0 Å². The number of nitrogens with one attached hydrogen (secondary N) is 2. The van der Waals surface area contributed by atoms with Gasteiger partial charge in [0.15, 0.2) is 5.96 Å². The monoisotopic (exact) mass is 353 g/mol. The summed E-state index contributed by atoms with van der Waals surface area (Å²) in [6, 6.07) is 13.7. The van der Waals surface area contributed by atoms with Crippen molar-refractivity contribution in [1.82, 2.24) is 10.6 Å². The zero-order chi connectivity index (χ0) is 17.9. The molecule has 2 unspecified atom stereocenters. The number of nitrogens with zero attached hydrogens (tertiary/aromatic N) is 1. The third-order valence-corrected chi connectivity index (χ3v) is 5.10. The minimum absolute atomic E-state index is 0.120. The molecule has 1 aliphatic carbocycles. The predicted molar refractivity (Wildman–Crippen MR) is 101 cm³/mol. The Labute approximate surface area is 153 Å². The molecule has 2 aromatic carbocycles. The molecule has 2 aliphatic rings. The predicted octanol–water partition coefficient (Wildman–Crippen LogP) is 3.02. The van der Waals surface area contributed by atoms with Crippen molar-refractivity contribution in [1.29, 1.82) is 0 Å².